The van der Waals surface area contributed by atoms with Crippen LogP contribution in [-0.4, -0.2) is 4.98 Å². The van der Waals surface area contributed by atoms with E-state index in [1.807, 2.05) is 49.4 Å². The fourth-order valence-electron chi connectivity index (χ4n) is 1.57. The molecule has 2 rings (SSSR count). The Morgan fingerprint density at radius 3 is 2.56 bits per heavy atom. The predicted octanol–water partition coefficient (Wildman–Crippen LogP) is 4.19. The minimum Gasteiger partial charge on any atom is -0.255 e. The first-order chi connectivity index (χ1) is 8.69. The van der Waals surface area contributed by atoms with Crippen molar-refractivity contribution >= 4 is 28.1 Å². The maximum Gasteiger partial charge on any atom is 0.0991 e. The molecule has 0 atom stereocenters. The lowest BCUT2D eigenvalue weighted by Gasteiger charge is -1.99. The van der Waals surface area contributed by atoms with E-state index < -0.39 is 0 Å². The Morgan fingerprint density at radius 2 is 1.94 bits per heavy atom. The van der Waals surface area contributed by atoms with Crippen LogP contribution in [0.25, 0.3) is 12.2 Å². The van der Waals surface area contributed by atoms with Gasteiger partial charge in [-0.05, 0) is 58.3 Å². The van der Waals surface area contributed by atoms with Crippen LogP contribution in [0, 0.1) is 18.3 Å². The molecule has 1 aromatic carbocycles. The molecule has 3 heteroatoms. The number of nitrogens with zero attached hydrogens (tertiary/aromatic N) is 2. The zero-order chi connectivity index (χ0) is 13.0. The Kier molecular flexibility index (Phi) is 3.91. The average Bonchev–Trinajstić information content (AvgIpc) is 2.38. The van der Waals surface area contributed by atoms with E-state index in [1.165, 1.54) is 0 Å². The largest absolute Gasteiger partial charge is 0.255 e. The van der Waals surface area contributed by atoms with Gasteiger partial charge in [-0.1, -0.05) is 18.2 Å². The van der Waals surface area contributed by atoms with Gasteiger partial charge in [-0.3, -0.25) is 4.98 Å². The first-order valence-corrected chi connectivity index (χ1v) is 6.29. The van der Waals surface area contributed by atoms with Crippen molar-refractivity contribution in [2.45, 2.75) is 6.92 Å². The summed E-state index contributed by atoms with van der Waals surface area (Å²) in [4.78, 5) is 4.34. The Bertz CT molecular complexity index is 622. The zero-order valence-corrected chi connectivity index (χ0v) is 11.5. The van der Waals surface area contributed by atoms with Gasteiger partial charge in [-0.25, -0.2) is 0 Å². The normalized spacial score (nSPS) is 10.5. The van der Waals surface area contributed by atoms with Crippen LogP contribution in [0.4, 0.5) is 0 Å². The zero-order valence-electron chi connectivity index (χ0n) is 9.89. The highest BCUT2D eigenvalue weighted by molar-refractivity contribution is 9.10. The van der Waals surface area contributed by atoms with E-state index in [2.05, 4.69) is 27.0 Å². The molecule has 0 bridgehead atoms. The van der Waals surface area contributed by atoms with Gasteiger partial charge in [-0.2, -0.15) is 5.26 Å². The van der Waals surface area contributed by atoms with E-state index in [4.69, 9.17) is 5.26 Å². The second-order valence-electron chi connectivity index (χ2n) is 3.92. The number of benzene rings is 1. The van der Waals surface area contributed by atoms with Crippen LogP contribution in [0.2, 0.25) is 0 Å². The van der Waals surface area contributed by atoms with Gasteiger partial charge in [0, 0.05) is 10.7 Å². The molecule has 1 aromatic heterocycles. The number of halogens is 1. The van der Waals surface area contributed by atoms with Gasteiger partial charge in [0.1, 0.15) is 0 Å². The van der Waals surface area contributed by atoms with E-state index in [9.17, 15) is 0 Å². The molecule has 0 amide bonds. The third kappa shape index (κ3) is 3.06. The molecule has 0 unspecified atom stereocenters. The summed E-state index contributed by atoms with van der Waals surface area (Å²) in [6.07, 6.45) is 5.75. The van der Waals surface area contributed by atoms with Gasteiger partial charge in [-0.15, -0.1) is 0 Å². The maximum atomic E-state index is 8.72. The maximum absolute atomic E-state index is 8.72. The Morgan fingerprint density at radius 1 is 1.22 bits per heavy atom. The third-order valence-electron chi connectivity index (χ3n) is 2.56. The molecule has 2 nitrogen and oxygen atoms in total. The second-order valence-corrected chi connectivity index (χ2v) is 4.84. The van der Waals surface area contributed by atoms with Crippen LogP contribution >= 0.6 is 15.9 Å². The van der Waals surface area contributed by atoms with Crippen LogP contribution in [0.15, 0.2) is 41.0 Å². The lowest BCUT2D eigenvalue weighted by molar-refractivity contribution is 1.22. The molecule has 0 N–H and O–H groups in total. The number of hydrogen-bond acceptors (Lipinski definition) is 2. The summed E-state index contributed by atoms with van der Waals surface area (Å²) in [6, 6.07) is 11.6. The molecule has 2 aromatic rings. The highest BCUT2D eigenvalue weighted by Gasteiger charge is 1.96. The molecule has 0 saturated carbocycles. The summed E-state index contributed by atoms with van der Waals surface area (Å²) in [5.41, 5.74) is 3.79. The smallest absolute Gasteiger partial charge is 0.0991 e. The van der Waals surface area contributed by atoms with E-state index >= 15 is 0 Å². The van der Waals surface area contributed by atoms with Crippen LogP contribution in [0.5, 0.6) is 0 Å². The standard InChI is InChI=1S/C15H11BrN2/c1-11-8-14(16)10-18-15(11)7-6-12-2-4-13(9-17)5-3-12/h2-8,10H,1H3/b7-6+. The van der Waals surface area contributed by atoms with Crippen LogP contribution < -0.4 is 0 Å². The summed E-state index contributed by atoms with van der Waals surface area (Å²) in [6.45, 7) is 2.02. The molecule has 0 aliphatic rings. The molecule has 0 saturated heterocycles. The van der Waals surface area contributed by atoms with Crippen molar-refractivity contribution in [1.82, 2.24) is 4.98 Å². The average molecular weight is 299 g/mol. The minimum atomic E-state index is 0.671. The molecule has 0 spiro atoms. The first kappa shape index (κ1) is 12.5. The molecule has 18 heavy (non-hydrogen) atoms. The molecule has 0 aliphatic heterocycles. The van der Waals surface area contributed by atoms with Crippen LogP contribution in [0.3, 0.4) is 0 Å². The van der Waals surface area contributed by atoms with E-state index in [1.54, 1.807) is 6.20 Å². The van der Waals surface area contributed by atoms with Gasteiger partial charge in [0.2, 0.25) is 0 Å². The van der Waals surface area contributed by atoms with Gasteiger partial charge >= 0.3 is 0 Å². The topological polar surface area (TPSA) is 36.7 Å². The van der Waals surface area contributed by atoms with E-state index in [0.717, 1.165) is 21.3 Å². The van der Waals surface area contributed by atoms with E-state index in [0.29, 0.717) is 5.56 Å². The van der Waals surface area contributed by atoms with Crippen LogP contribution in [0.1, 0.15) is 22.4 Å². The summed E-state index contributed by atoms with van der Waals surface area (Å²) in [7, 11) is 0. The molecular weight excluding hydrogens is 288 g/mol. The molecule has 1 heterocycles. The lowest BCUT2D eigenvalue weighted by Crippen LogP contribution is -1.85. The highest BCUT2D eigenvalue weighted by Crippen LogP contribution is 2.15. The number of nitriles is 1. The Balaban J connectivity index is 2.22. The van der Waals surface area contributed by atoms with Gasteiger partial charge in [0.05, 0.1) is 17.3 Å². The summed E-state index contributed by atoms with van der Waals surface area (Å²) in [5, 5.41) is 8.72. The minimum absolute atomic E-state index is 0.671. The van der Waals surface area contributed by atoms with Crippen molar-refractivity contribution in [3.05, 3.63) is 63.4 Å². The number of rotatable bonds is 2. The van der Waals surface area contributed by atoms with Gasteiger partial charge in [0.25, 0.3) is 0 Å². The van der Waals surface area contributed by atoms with Crippen molar-refractivity contribution in [3.63, 3.8) is 0 Å². The van der Waals surface area contributed by atoms with Crippen molar-refractivity contribution in [1.29, 1.82) is 5.26 Å². The fraction of sp³-hybridized carbons (Fsp3) is 0.0667. The predicted molar refractivity (Wildman–Crippen MR) is 76.8 cm³/mol. The SMILES string of the molecule is Cc1cc(Br)cnc1/C=C/c1ccc(C#N)cc1. The summed E-state index contributed by atoms with van der Waals surface area (Å²) < 4.78 is 0.982. The van der Waals surface area contributed by atoms with Crippen molar-refractivity contribution in [2.24, 2.45) is 0 Å². The summed E-state index contributed by atoms with van der Waals surface area (Å²) >= 11 is 3.39. The van der Waals surface area contributed by atoms with Crippen molar-refractivity contribution < 1.29 is 0 Å². The molecule has 88 valence electrons. The summed E-state index contributed by atoms with van der Waals surface area (Å²) in [5.74, 6) is 0. The highest BCUT2D eigenvalue weighted by atomic mass is 79.9. The lowest BCUT2D eigenvalue weighted by atomic mass is 10.1. The molecule has 0 aliphatic carbocycles. The monoisotopic (exact) mass is 298 g/mol. The van der Waals surface area contributed by atoms with Crippen molar-refractivity contribution in [2.75, 3.05) is 0 Å². The quantitative estimate of drug-likeness (QED) is 0.833. The first-order valence-electron chi connectivity index (χ1n) is 5.49. The van der Waals surface area contributed by atoms with Gasteiger partial charge < -0.3 is 0 Å². The number of aryl methyl sites for hydroxylation is 1. The number of aromatic nitrogens is 1. The Labute approximate surface area is 115 Å². The second kappa shape index (κ2) is 5.61. The third-order valence-corrected chi connectivity index (χ3v) is 2.99. The number of hydrogen-bond donors (Lipinski definition) is 0. The van der Waals surface area contributed by atoms with Crippen molar-refractivity contribution in [3.8, 4) is 6.07 Å². The molecular formula is C15H11BrN2. The van der Waals surface area contributed by atoms with E-state index in [-0.39, 0.29) is 0 Å². The number of pyridine rings is 1. The Hall–Kier alpha value is -1.92. The van der Waals surface area contributed by atoms with Gasteiger partial charge in [0.15, 0.2) is 0 Å². The fourth-order valence-corrected chi connectivity index (χ4v) is 2.02. The molecule has 0 fully saturated rings. The van der Waals surface area contributed by atoms with Crippen LogP contribution in [-0.2, 0) is 0 Å². The molecule has 0 radical (unpaired) electrons.